The van der Waals surface area contributed by atoms with Gasteiger partial charge in [-0.25, -0.2) is 9.97 Å². The van der Waals surface area contributed by atoms with Crippen molar-refractivity contribution in [3.8, 4) is 0 Å². The standard InChI is InChI=1S/C14H11N5S/c15-14(20)12-7-18-13(8-17-12)19-11-5-1-4-10-9(11)3-2-6-16-10/h1-8H,(H2,15,20)(H,18,19). The molecule has 98 valence electrons. The van der Waals surface area contributed by atoms with Crippen LogP contribution in [0.25, 0.3) is 10.9 Å². The molecule has 6 heteroatoms. The Morgan fingerprint density at radius 1 is 1.05 bits per heavy atom. The summed E-state index contributed by atoms with van der Waals surface area (Å²) in [7, 11) is 0. The van der Waals surface area contributed by atoms with Crippen molar-refractivity contribution in [1.82, 2.24) is 15.0 Å². The largest absolute Gasteiger partial charge is 0.388 e. The fourth-order valence-electron chi connectivity index (χ4n) is 1.87. The van der Waals surface area contributed by atoms with Crippen LogP contribution in [0.1, 0.15) is 5.69 Å². The van der Waals surface area contributed by atoms with Gasteiger partial charge in [-0.3, -0.25) is 4.98 Å². The van der Waals surface area contributed by atoms with Gasteiger partial charge in [-0.1, -0.05) is 18.3 Å². The van der Waals surface area contributed by atoms with E-state index in [2.05, 4.69) is 20.3 Å². The Morgan fingerprint density at radius 3 is 2.70 bits per heavy atom. The van der Waals surface area contributed by atoms with E-state index in [0.717, 1.165) is 16.6 Å². The molecule has 5 nitrogen and oxygen atoms in total. The predicted molar refractivity (Wildman–Crippen MR) is 82.9 cm³/mol. The van der Waals surface area contributed by atoms with Crippen molar-refractivity contribution in [1.29, 1.82) is 0 Å². The fraction of sp³-hybridized carbons (Fsp3) is 0. The topological polar surface area (TPSA) is 76.7 Å². The molecule has 0 aliphatic carbocycles. The van der Waals surface area contributed by atoms with Crippen molar-refractivity contribution in [2.24, 2.45) is 5.73 Å². The molecule has 3 rings (SSSR count). The van der Waals surface area contributed by atoms with Gasteiger partial charge in [0.2, 0.25) is 0 Å². The van der Waals surface area contributed by atoms with Crippen molar-refractivity contribution >= 4 is 39.6 Å². The maximum absolute atomic E-state index is 5.49. The van der Waals surface area contributed by atoms with Crippen LogP contribution >= 0.6 is 12.2 Å². The lowest BCUT2D eigenvalue weighted by Gasteiger charge is -2.08. The highest BCUT2D eigenvalue weighted by molar-refractivity contribution is 7.80. The minimum absolute atomic E-state index is 0.235. The Hall–Kier alpha value is -2.60. The van der Waals surface area contributed by atoms with E-state index in [0.29, 0.717) is 11.5 Å². The van der Waals surface area contributed by atoms with Crippen LogP contribution in [-0.4, -0.2) is 19.9 Å². The van der Waals surface area contributed by atoms with Crippen molar-refractivity contribution in [2.75, 3.05) is 5.32 Å². The molecule has 0 aliphatic heterocycles. The Bertz CT molecular complexity index is 765. The molecule has 2 aromatic heterocycles. The molecule has 0 bridgehead atoms. The maximum atomic E-state index is 5.49. The number of rotatable bonds is 3. The zero-order valence-corrected chi connectivity index (χ0v) is 11.3. The van der Waals surface area contributed by atoms with Crippen molar-refractivity contribution in [2.45, 2.75) is 0 Å². The van der Waals surface area contributed by atoms with Crippen LogP contribution in [-0.2, 0) is 0 Å². The average molecular weight is 281 g/mol. The van der Waals surface area contributed by atoms with E-state index in [1.54, 1.807) is 18.6 Å². The van der Waals surface area contributed by atoms with Gasteiger partial charge in [-0.2, -0.15) is 0 Å². The number of nitrogens with two attached hydrogens (primary N) is 1. The molecule has 1 aromatic carbocycles. The Kier molecular flexibility index (Phi) is 3.22. The highest BCUT2D eigenvalue weighted by Crippen LogP contribution is 2.23. The van der Waals surface area contributed by atoms with Crippen LogP contribution < -0.4 is 11.1 Å². The van der Waals surface area contributed by atoms with E-state index in [-0.39, 0.29) is 4.99 Å². The molecular weight excluding hydrogens is 270 g/mol. The maximum Gasteiger partial charge on any atom is 0.148 e. The van der Waals surface area contributed by atoms with Gasteiger partial charge in [-0.15, -0.1) is 0 Å². The van der Waals surface area contributed by atoms with E-state index in [1.807, 2.05) is 30.3 Å². The van der Waals surface area contributed by atoms with Crippen molar-refractivity contribution < 1.29 is 0 Å². The number of anilines is 2. The van der Waals surface area contributed by atoms with E-state index in [4.69, 9.17) is 18.0 Å². The van der Waals surface area contributed by atoms with Gasteiger partial charge in [0.05, 0.1) is 17.9 Å². The first-order chi connectivity index (χ1) is 9.74. The lowest BCUT2D eigenvalue weighted by Crippen LogP contribution is -2.12. The summed E-state index contributed by atoms with van der Waals surface area (Å²) in [6.07, 6.45) is 4.92. The van der Waals surface area contributed by atoms with Crippen molar-refractivity contribution in [3.63, 3.8) is 0 Å². The summed E-state index contributed by atoms with van der Waals surface area (Å²) in [5, 5.41) is 4.24. The van der Waals surface area contributed by atoms with Gasteiger partial charge < -0.3 is 11.1 Å². The van der Waals surface area contributed by atoms with Crippen LogP contribution in [0.3, 0.4) is 0 Å². The summed E-state index contributed by atoms with van der Waals surface area (Å²) >= 11 is 4.84. The molecule has 20 heavy (non-hydrogen) atoms. The molecule has 0 atom stereocenters. The molecule has 0 fully saturated rings. The van der Waals surface area contributed by atoms with Crippen LogP contribution in [0.4, 0.5) is 11.5 Å². The first-order valence-electron chi connectivity index (χ1n) is 5.96. The van der Waals surface area contributed by atoms with Gasteiger partial charge in [0.15, 0.2) is 0 Å². The zero-order valence-electron chi connectivity index (χ0n) is 10.4. The highest BCUT2D eigenvalue weighted by atomic mass is 32.1. The molecule has 0 spiro atoms. The van der Waals surface area contributed by atoms with Gasteiger partial charge in [0.25, 0.3) is 0 Å². The number of pyridine rings is 1. The SMILES string of the molecule is NC(=S)c1cnc(Nc2cccc3ncccc23)cn1. The number of thiocarbonyl (C=S) groups is 1. The average Bonchev–Trinajstić information content (AvgIpc) is 2.48. The van der Waals surface area contributed by atoms with Crippen LogP contribution in [0.5, 0.6) is 0 Å². The molecular formula is C14H11N5S. The first-order valence-corrected chi connectivity index (χ1v) is 6.37. The summed E-state index contributed by atoms with van der Waals surface area (Å²) in [4.78, 5) is 12.9. The zero-order chi connectivity index (χ0) is 13.9. The normalized spacial score (nSPS) is 10.4. The van der Waals surface area contributed by atoms with Crippen LogP contribution in [0.2, 0.25) is 0 Å². The number of nitrogens with one attached hydrogen (secondary N) is 1. The molecule has 2 heterocycles. The molecule has 0 unspecified atom stereocenters. The van der Waals surface area contributed by atoms with E-state index >= 15 is 0 Å². The Morgan fingerprint density at radius 2 is 1.95 bits per heavy atom. The summed E-state index contributed by atoms with van der Waals surface area (Å²) in [6.45, 7) is 0. The highest BCUT2D eigenvalue weighted by Gasteiger charge is 2.04. The summed E-state index contributed by atoms with van der Waals surface area (Å²) < 4.78 is 0. The quantitative estimate of drug-likeness (QED) is 0.718. The van der Waals surface area contributed by atoms with Crippen molar-refractivity contribution in [3.05, 3.63) is 54.6 Å². The Balaban J connectivity index is 1.95. The molecule has 0 amide bonds. The second-order valence-corrected chi connectivity index (χ2v) is 4.59. The monoisotopic (exact) mass is 281 g/mol. The lowest BCUT2D eigenvalue weighted by molar-refractivity contribution is 1.18. The van der Waals surface area contributed by atoms with Crippen LogP contribution in [0.15, 0.2) is 48.9 Å². The number of benzene rings is 1. The van der Waals surface area contributed by atoms with Crippen LogP contribution in [0, 0.1) is 0 Å². The van der Waals surface area contributed by atoms with E-state index < -0.39 is 0 Å². The molecule has 0 aliphatic rings. The minimum atomic E-state index is 0.235. The molecule has 0 radical (unpaired) electrons. The first kappa shape index (κ1) is 12.4. The smallest absolute Gasteiger partial charge is 0.148 e. The second-order valence-electron chi connectivity index (χ2n) is 4.15. The van der Waals surface area contributed by atoms with E-state index in [9.17, 15) is 0 Å². The van der Waals surface area contributed by atoms with Gasteiger partial charge >= 0.3 is 0 Å². The summed E-state index contributed by atoms with van der Waals surface area (Å²) in [5.41, 5.74) is 7.84. The molecule has 3 N–H and O–H groups in total. The Labute approximate surface area is 120 Å². The third-order valence-corrected chi connectivity index (χ3v) is 3.02. The number of hydrogen-bond acceptors (Lipinski definition) is 5. The van der Waals surface area contributed by atoms with Gasteiger partial charge in [0, 0.05) is 17.3 Å². The van der Waals surface area contributed by atoms with Gasteiger partial charge in [-0.05, 0) is 24.3 Å². The van der Waals surface area contributed by atoms with Gasteiger partial charge in [0.1, 0.15) is 16.5 Å². The molecule has 0 saturated carbocycles. The number of fused-ring (bicyclic) bond motifs is 1. The third kappa shape index (κ3) is 2.41. The lowest BCUT2D eigenvalue weighted by atomic mass is 10.2. The predicted octanol–water partition coefficient (Wildman–Crippen LogP) is 2.40. The third-order valence-electron chi connectivity index (χ3n) is 2.81. The number of nitrogens with zero attached hydrogens (tertiary/aromatic N) is 3. The molecule has 0 saturated heterocycles. The molecule has 3 aromatic rings. The number of aromatic nitrogens is 3. The summed E-state index contributed by atoms with van der Waals surface area (Å²) in [5.74, 6) is 0.626. The fourth-order valence-corrected chi connectivity index (χ4v) is 1.98. The van der Waals surface area contributed by atoms with E-state index in [1.165, 1.54) is 0 Å². The number of hydrogen-bond donors (Lipinski definition) is 2. The minimum Gasteiger partial charge on any atom is -0.388 e. The summed E-state index contributed by atoms with van der Waals surface area (Å²) in [6, 6.07) is 9.76. The second kappa shape index (κ2) is 5.18.